The van der Waals surface area contributed by atoms with Gasteiger partial charge in [-0.15, -0.1) is 11.8 Å². The lowest BCUT2D eigenvalue weighted by Gasteiger charge is -2.13. The maximum Gasteiger partial charge on any atom is 0.335 e. The third-order valence-electron chi connectivity index (χ3n) is 5.97. The molecule has 0 aromatic heterocycles. The molecule has 0 aliphatic heterocycles. The van der Waals surface area contributed by atoms with E-state index in [-0.39, 0.29) is 33.6 Å². The van der Waals surface area contributed by atoms with Gasteiger partial charge >= 0.3 is 5.97 Å². The van der Waals surface area contributed by atoms with E-state index in [4.69, 9.17) is 11.6 Å². The second-order valence-corrected chi connectivity index (χ2v) is 10.5. The van der Waals surface area contributed by atoms with Gasteiger partial charge in [0.25, 0.3) is 11.8 Å². The van der Waals surface area contributed by atoms with E-state index in [1.54, 1.807) is 60.7 Å². The van der Waals surface area contributed by atoms with E-state index < -0.39 is 17.8 Å². The molecule has 0 unspecified atom stereocenters. The van der Waals surface area contributed by atoms with Gasteiger partial charge in [-0.3, -0.25) is 14.4 Å². The number of benzene rings is 4. The lowest BCUT2D eigenvalue weighted by molar-refractivity contribution is -0.114. The molecule has 212 valence electrons. The number of halogens is 1. The van der Waals surface area contributed by atoms with Crippen LogP contribution in [-0.4, -0.2) is 34.6 Å². The van der Waals surface area contributed by atoms with Gasteiger partial charge in [0.2, 0.25) is 5.91 Å². The number of aryl methyl sites for hydroxylation is 1. The van der Waals surface area contributed by atoms with E-state index in [1.165, 1.54) is 30.0 Å². The number of hydrogen-bond acceptors (Lipinski definition) is 5. The average Bonchev–Trinajstić information content (AvgIpc) is 2.98. The van der Waals surface area contributed by atoms with Crippen molar-refractivity contribution in [2.75, 3.05) is 16.4 Å². The predicted octanol–water partition coefficient (Wildman–Crippen LogP) is 6.49. The molecule has 3 amide bonds. The second-order valence-electron chi connectivity index (χ2n) is 9.05. The molecule has 0 heterocycles. The van der Waals surface area contributed by atoms with Crippen LogP contribution >= 0.6 is 23.4 Å². The summed E-state index contributed by atoms with van der Waals surface area (Å²) in [5.41, 5.74) is 2.86. The van der Waals surface area contributed by atoms with Crippen molar-refractivity contribution in [3.05, 3.63) is 130 Å². The Balaban J connectivity index is 1.45. The summed E-state index contributed by atoms with van der Waals surface area (Å²) in [4.78, 5) is 50.7. The van der Waals surface area contributed by atoms with Crippen LogP contribution in [0.4, 0.5) is 11.4 Å². The third-order valence-corrected chi connectivity index (χ3v) is 7.29. The molecule has 0 aliphatic carbocycles. The van der Waals surface area contributed by atoms with Crippen molar-refractivity contribution in [2.24, 2.45) is 0 Å². The van der Waals surface area contributed by atoms with Gasteiger partial charge in [0.15, 0.2) is 0 Å². The van der Waals surface area contributed by atoms with E-state index >= 15 is 0 Å². The Hall–Kier alpha value is -4.86. The molecule has 0 aliphatic rings. The molecular formula is C32H26ClN3O5S. The molecular weight excluding hydrogens is 574 g/mol. The van der Waals surface area contributed by atoms with Gasteiger partial charge in [0.05, 0.1) is 22.0 Å². The Labute approximate surface area is 251 Å². The summed E-state index contributed by atoms with van der Waals surface area (Å²) in [7, 11) is 0. The summed E-state index contributed by atoms with van der Waals surface area (Å²) in [6, 6.07) is 27.1. The first kappa shape index (κ1) is 30.1. The Morgan fingerprint density at radius 1 is 0.833 bits per heavy atom. The van der Waals surface area contributed by atoms with Crippen LogP contribution in [0.15, 0.2) is 108 Å². The summed E-state index contributed by atoms with van der Waals surface area (Å²) < 4.78 is 0. The number of anilines is 2. The molecule has 0 radical (unpaired) electrons. The molecule has 0 bridgehead atoms. The lowest BCUT2D eigenvalue weighted by atomic mass is 10.1. The van der Waals surface area contributed by atoms with Crippen LogP contribution in [0, 0.1) is 6.92 Å². The van der Waals surface area contributed by atoms with E-state index in [2.05, 4.69) is 16.0 Å². The fourth-order valence-corrected chi connectivity index (χ4v) is 4.72. The predicted molar refractivity (Wildman–Crippen MR) is 166 cm³/mol. The lowest BCUT2D eigenvalue weighted by Crippen LogP contribution is -2.30. The van der Waals surface area contributed by atoms with Gasteiger partial charge in [-0.05, 0) is 72.7 Å². The summed E-state index contributed by atoms with van der Waals surface area (Å²) in [6.07, 6.45) is 1.62. The smallest absolute Gasteiger partial charge is 0.335 e. The van der Waals surface area contributed by atoms with Crippen LogP contribution in [0.2, 0.25) is 5.02 Å². The number of amides is 3. The van der Waals surface area contributed by atoms with Crippen molar-refractivity contribution >= 4 is 64.5 Å². The Bertz CT molecular complexity index is 1670. The van der Waals surface area contributed by atoms with Crippen molar-refractivity contribution < 1.29 is 24.3 Å². The number of aromatic carboxylic acids is 1. The average molecular weight is 600 g/mol. The minimum Gasteiger partial charge on any atom is -0.478 e. The number of carbonyl (C=O) groups excluding carboxylic acids is 3. The van der Waals surface area contributed by atoms with Crippen LogP contribution in [0.3, 0.4) is 0 Å². The number of carbonyl (C=O) groups is 4. The van der Waals surface area contributed by atoms with Crippen molar-refractivity contribution in [3.63, 3.8) is 0 Å². The van der Waals surface area contributed by atoms with Gasteiger partial charge in [0, 0.05) is 16.1 Å². The third kappa shape index (κ3) is 8.33. The first-order chi connectivity index (χ1) is 20.2. The van der Waals surface area contributed by atoms with Crippen LogP contribution in [0.1, 0.15) is 31.8 Å². The number of hydrogen-bond donors (Lipinski definition) is 4. The zero-order valence-corrected chi connectivity index (χ0v) is 24.0. The summed E-state index contributed by atoms with van der Waals surface area (Å²) in [5.74, 6) is -2.44. The zero-order chi connectivity index (χ0) is 30.1. The Morgan fingerprint density at radius 2 is 1.57 bits per heavy atom. The Morgan fingerprint density at radius 3 is 2.31 bits per heavy atom. The SMILES string of the molecule is Cc1ccccc1/C=C(\NC(=O)c1ccccc1)C(=O)Nc1cccc(SCC(=O)Nc2cc(C(=O)O)ccc2Cl)c1. The van der Waals surface area contributed by atoms with Crippen molar-refractivity contribution in [1.82, 2.24) is 5.32 Å². The summed E-state index contributed by atoms with van der Waals surface area (Å²) in [6.45, 7) is 1.91. The highest BCUT2D eigenvalue weighted by Crippen LogP contribution is 2.25. The largest absolute Gasteiger partial charge is 0.478 e. The van der Waals surface area contributed by atoms with Crippen LogP contribution in [-0.2, 0) is 9.59 Å². The van der Waals surface area contributed by atoms with Gasteiger partial charge in [-0.2, -0.15) is 0 Å². The van der Waals surface area contributed by atoms with Gasteiger partial charge in [-0.25, -0.2) is 4.79 Å². The topological polar surface area (TPSA) is 125 Å². The van der Waals surface area contributed by atoms with Gasteiger partial charge in [-0.1, -0.05) is 60.1 Å². The monoisotopic (exact) mass is 599 g/mol. The number of nitrogens with one attached hydrogen (secondary N) is 3. The molecule has 10 heteroatoms. The molecule has 4 rings (SSSR count). The van der Waals surface area contributed by atoms with Crippen LogP contribution in [0.5, 0.6) is 0 Å². The van der Waals surface area contributed by atoms with E-state index in [1.807, 2.05) is 31.2 Å². The molecule has 8 nitrogen and oxygen atoms in total. The highest BCUT2D eigenvalue weighted by molar-refractivity contribution is 8.00. The summed E-state index contributed by atoms with van der Waals surface area (Å²) in [5, 5.41) is 17.6. The number of carboxylic acids is 1. The van der Waals surface area contributed by atoms with E-state index in [0.29, 0.717) is 16.1 Å². The molecule has 0 saturated carbocycles. The van der Waals surface area contributed by atoms with Crippen molar-refractivity contribution in [2.45, 2.75) is 11.8 Å². The normalized spacial score (nSPS) is 11.0. The van der Waals surface area contributed by atoms with E-state index in [0.717, 1.165) is 11.1 Å². The molecule has 0 atom stereocenters. The first-order valence-electron chi connectivity index (χ1n) is 12.7. The fraction of sp³-hybridized carbons (Fsp3) is 0.0625. The second kappa shape index (κ2) is 14.2. The maximum atomic E-state index is 13.4. The van der Waals surface area contributed by atoms with Crippen molar-refractivity contribution in [1.29, 1.82) is 0 Å². The van der Waals surface area contributed by atoms with Crippen LogP contribution in [0.25, 0.3) is 6.08 Å². The standard InChI is InChI=1S/C32H26ClN3O5S/c1-20-8-5-6-11-22(20)16-28(36-30(38)21-9-3-2-4-10-21)31(39)34-24-12-7-13-25(18-24)42-19-29(37)35-27-17-23(32(40)41)14-15-26(27)33/h2-18H,19H2,1H3,(H,34,39)(H,35,37)(H,36,38)(H,40,41)/b28-16-. The zero-order valence-electron chi connectivity index (χ0n) is 22.4. The molecule has 4 N–H and O–H groups in total. The highest BCUT2D eigenvalue weighted by atomic mass is 35.5. The summed E-state index contributed by atoms with van der Waals surface area (Å²) >= 11 is 7.32. The minimum absolute atomic E-state index is 0.00148. The molecule has 4 aromatic carbocycles. The molecule has 0 saturated heterocycles. The number of carboxylic acid groups (broad SMARTS) is 1. The number of rotatable bonds is 10. The quantitative estimate of drug-likeness (QED) is 0.122. The fourth-order valence-electron chi connectivity index (χ4n) is 3.80. The minimum atomic E-state index is -1.13. The van der Waals surface area contributed by atoms with Gasteiger partial charge < -0.3 is 21.1 Å². The number of thioether (sulfide) groups is 1. The highest BCUT2D eigenvalue weighted by Gasteiger charge is 2.16. The maximum absolute atomic E-state index is 13.4. The van der Waals surface area contributed by atoms with Crippen LogP contribution < -0.4 is 16.0 Å². The molecule has 4 aromatic rings. The molecule has 0 spiro atoms. The molecule has 0 fully saturated rings. The van der Waals surface area contributed by atoms with E-state index in [9.17, 15) is 24.3 Å². The Kier molecular flexibility index (Phi) is 10.1. The van der Waals surface area contributed by atoms with Crippen molar-refractivity contribution in [3.8, 4) is 0 Å². The first-order valence-corrected chi connectivity index (χ1v) is 14.1. The van der Waals surface area contributed by atoms with Gasteiger partial charge in [0.1, 0.15) is 5.70 Å². The molecule has 42 heavy (non-hydrogen) atoms.